The van der Waals surface area contributed by atoms with Crippen LogP contribution in [0.5, 0.6) is 0 Å². The van der Waals surface area contributed by atoms with Gasteiger partial charge in [-0.05, 0) is 19.4 Å². The van der Waals surface area contributed by atoms with Crippen molar-refractivity contribution in [2.75, 3.05) is 0 Å². The Hall–Kier alpha value is -1.68. The maximum absolute atomic E-state index is 9.30. The lowest BCUT2D eigenvalue weighted by molar-refractivity contribution is 0.184. The van der Waals surface area contributed by atoms with E-state index in [1.165, 1.54) is 0 Å². The summed E-state index contributed by atoms with van der Waals surface area (Å²) in [5.74, 6) is 0.904. The Balaban J connectivity index is 2.24. The van der Waals surface area contributed by atoms with Crippen molar-refractivity contribution in [3.63, 3.8) is 0 Å². The SMILES string of the molecule is CC(O)c1noc(C(C)c2ccccc2)n1. The van der Waals surface area contributed by atoms with Gasteiger partial charge in [0.25, 0.3) is 0 Å². The molecule has 84 valence electrons. The van der Waals surface area contributed by atoms with E-state index in [2.05, 4.69) is 10.1 Å². The minimum Gasteiger partial charge on any atom is -0.385 e. The average Bonchev–Trinajstić information content (AvgIpc) is 2.78. The van der Waals surface area contributed by atoms with Gasteiger partial charge in [-0.15, -0.1) is 0 Å². The Bertz CT molecular complexity index is 451. The van der Waals surface area contributed by atoms with Crippen LogP contribution in [-0.4, -0.2) is 15.2 Å². The zero-order valence-corrected chi connectivity index (χ0v) is 9.29. The van der Waals surface area contributed by atoms with E-state index >= 15 is 0 Å². The molecule has 2 unspecified atom stereocenters. The van der Waals surface area contributed by atoms with Gasteiger partial charge in [-0.2, -0.15) is 4.98 Å². The van der Waals surface area contributed by atoms with E-state index in [4.69, 9.17) is 4.52 Å². The van der Waals surface area contributed by atoms with Gasteiger partial charge in [0, 0.05) is 0 Å². The Morgan fingerprint density at radius 3 is 2.44 bits per heavy atom. The molecule has 0 aliphatic rings. The summed E-state index contributed by atoms with van der Waals surface area (Å²) in [6, 6.07) is 9.93. The van der Waals surface area contributed by atoms with Crippen LogP contribution in [0.25, 0.3) is 0 Å². The molecule has 1 aromatic heterocycles. The van der Waals surface area contributed by atoms with Gasteiger partial charge in [0.2, 0.25) is 5.89 Å². The van der Waals surface area contributed by atoms with E-state index in [0.717, 1.165) is 5.56 Å². The zero-order valence-electron chi connectivity index (χ0n) is 9.29. The van der Waals surface area contributed by atoms with Crippen LogP contribution in [0.15, 0.2) is 34.9 Å². The predicted octanol–water partition coefficient (Wildman–Crippen LogP) is 2.27. The number of aliphatic hydroxyl groups is 1. The summed E-state index contributed by atoms with van der Waals surface area (Å²) < 4.78 is 5.12. The second-order valence-corrected chi connectivity index (χ2v) is 3.80. The topological polar surface area (TPSA) is 59.2 Å². The number of hydrogen-bond acceptors (Lipinski definition) is 4. The highest BCUT2D eigenvalue weighted by molar-refractivity contribution is 5.23. The van der Waals surface area contributed by atoms with Crippen molar-refractivity contribution in [1.29, 1.82) is 0 Å². The van der Waals surface area contributed by atoms with Crippen LogP contribution in [0.2, 0.25) is 0 Å². The molecule has 4 nitrogen and oxygen atoms in total. The molecule has 0 aliphatic heterocycles. The second-order valence-electron chi connectivity index (χ2n) is 3.80. The van der Waals surface area contributed by atoms with E-state index in [1.54, 1.807) is 6.92 Å². The Kier molecular flexibility index (Phi) is 3.01. The number of rotatable bonds is 3. The average molecular weight is 218 g/mol. The van der Waals surface area contributed by atoms with E-state index in [9.17, 15) is 5.11 Å². The van der Waals surface area contributed by atoms with Crippen molar-refractivity contribution in [1.82, 2.24) is 10.1 Å². The molecule has 4 heteroatoms. The molecule has 0 amide bonds. The minimum atomic E-state index is -0.694. The van der Waals surface area contributed by atoms with Crippen LogP contribution >= 0.6 is 0 Å². The second kappa shape index (κ2) is 4.45. The molecule has 0 saturated heterocycles. The summed E-state index contributed by atoms with van der Waals surface area (Å²) in [7, 11) is 0. The molecule has 2 atom stereocenters. The van der Waals surface area contributed by atoms with E-state index < -0.39 is 6.10 Å². The van der Waals surface area contributed by atoms with Gasteiger partial charge in [-0.25, -0.2) is 0 Å². The lowest BCUT2D eigenvalue weighted by Gasteiger charge is -2.05. The molecule has 16 heavy (non-hydrogen) atoms. The van der Waals surface area contributed by atoms with Crippen LogP contribution < -0.4 is 0 Å². The van der Waals surface area contributed by atoms with Crippen LogP contribution in [0.3, 0.4) is 0 Å². The molecule has 0 fully saturated rings. The standard InChI is InChI=1S/C12H14N2O2/c1-8(10-6-4-3-5-7-10)12-13-11(9(2)15)14-16-12/h3-9,15H,1-2H3. The van der Waals surface area contributed by atoms with Crippen molar-refractivity contribution < 1.29 is 9.63 Å². The molecule has 0 bridgehead atoms. The number of aromatic nitrogens is 2. The molecule has 1 heterocycles. The van der Waals surface area contributed by atoms with Crippen molar-refractivity contribution in [3.05, 3.63) is 47.6 Å². The van der Waals surface area contributed by atoms with Gasteiger partial charge < -0.3 is 9.63 Å². The summed E-state index contributed by atoms with van der Waals surface area (Å²) in [6.07, 6.45) is -0.694. The molecule has 0 saturated carbocycles. The van der Waals surface area contributed by atoms with Crippen LogP contribution in [0.4, 0.5) is 0 Å². The third kappa shape index (κ3) is 2.12. The summed E-state index contributed by atoms with van der Waals surface area (Å²) in [5, 5.41) is 13.0. The van der Waals surface area contributed by atoms with Crippen molar-refractivity contribution >= 4 is 0 Å². The fourth-order valence-corrected chi connectivity index (χ4v) is 1.48. The summed E-state index contributed by atoms with van der Waals surface area (Å²) in [5.41, 5.74) is 1.11. The number of hydrogen-bond donors (Lipinski definition) is 1. The summed E-state index contributed by atoms with van der Waals surface area (Å²) in [6.45, 7) is 3.61. The lowest BCUT2D eigenvalue weighted by Crippen LogP contribution is -1.98. The predicted molar refractivity (Wildman–Crippen MR) is 58.9 cm³/mol. The number of nitrogens with zero attached hydrogens (tertiary/aromatic N) is 2. The molecule has 0 spiro atoms. The first-order chi connectivity index (χ1) is 7.68. The third-order valence-electron chi connectivity index (χ3n) is 2.50. The molecule has 1 aromatic carbocycles. The van der Waals surface area contributed by atoms with Crippen LogP contribution in [0, 0.1) is 0 Å². The molecular weight excluding hydrogens is 204 g/mol. The van der Waals surface area contributed by atoms with Crippen LogP contribution in [-0.2, 0) is 0 Å². The molecule has 0 aliphatic carbocycles. The first-order valence-corrected chi connectivity index (χ1v) is 5.25. The molecular formula is C12H14N2O2. The highest BCUT2D eigenvalue weighted by atomic mass is 16.5. The van der Waals surface area contributed by atoms with Gasteiger partial charge in [0.1, 0.15) is 6.10 Å². The normalized spacial score (nSPS) is 14.7. The summed E-state index contributed by atoms with van der Waals surface area (Å²) >= 11 is 0. The van der Waals surface area contributed by atoms with E-state index in [-0.39, 0.29) is 5.92 Å². The van der Waals surface area contributed by atoms with Crippen molar-refractivity contribution in [2.45, 2.75) is 25.9 Å². The maximum atomic E-state index is 9.30. The zero-order chi connectivity index (χ0) is 11.5. The quantitative estimate of drug-likeness (QED) is 0.858. The maximum Gasteiger partial charge on any atom is 0.234 e. The van der Waals surface area contributed by atoms with Crippen LogP contribution in [0.1, 0.15) is 43.1 Å². The van der Waals surface area contributed by atoms with E-state index in [1.807, 2.05) is 37.3 Å². The number of benzene rings is 1. The fourth-order valence-electron chi connectivity index (χ4n) is 1.48. The van der Waals surface area contributed by atoms with Gasteiger partial charge >= 0.3 is 0 Å². The van der Waals surface area contributed by atoms with Gasteiger partial charge in [-0.3, -0.25) is 0 Å². The molecule has 2 rings (SSSR count). The molecule has 1 N–H and O–H groups in total. The third-order valence-corrected chi connectivity index (χ3v) is 2.50. The largest absolute Gasteiger partial charge is 0.385 e. The molecule has 2 aromatic rings. The fraction of sp³-hybridized carbons (Fsp3) is 0.333. The number of aliphatic hydroxyl groups excluding tert-OH is 1. The van der Waals surface area contributed by atoms with Gasteiger partial charge in [-0.1, -0.05) is 35.5 Å². The monoisotopic (exact) mass is 218 g/mol. The Morgan fingerprint density at radius 1 is 1.19 bits per heavy atom. The summed E-state index contributed by atoms with van der Waals surface area (Å²) in [4.78, 5) is 4.16. The van der Waals surface area contributed by atoms with Crippen molar-refractivity contribution in [2.24, 2.45) is 0 Å². The Morgan fingerprint density at radius 2 is 1.88 bits per heavy atom. The highest BCUT2D eigenvalue weighted by Gasteiger charge is 2.17. The smallest absolute Gasteiger partial charge is 0.234 e. The highest BCUT2D eigenvalue weighted by Crippen LogP contribution is 2.23. The first kappa shape index (κ1) is 10.8. The van der Waals surface area contributed by atoms with E-state index in [0.29, 0.717) is 11.7 Å². The Labute approximate surface area is 93.9 Å². The lowest BCUT2D eigenvalue weighted by atomic mass is 10.0. The van der Waals surface area contributed by atoms with Crippen molar-refractivity contribution in [3.8, 4) is 0 Å². The van der Waals surface area contributed by atoms with Gasteiger partial charge in [0.05, 0.1) is 5.92 Å². The van der Waals surface area contributed by atoms with Gasteiger partial charge in [0.15, 0.2) is 5.82 Å². The minimum absolute atomic E-state index is 0.0428. The molecule has 0 radical (unpaired) electrons. The first-order valence-electron chi connectivity index (χ1n) is 5.25.